The van der Waals surface area contributed by atoms with Crippen molar-refractivity contribution in [2.75, 3.05) is 41.3 Å². The molecule has 0 fully saturated rings. The summed E-state index contributed by atoms with van der Waals surface area (Å²) in [5, 5.41) is 4.28. The molecule has 28 heavy (non-hydrogen) atoms. The van der Waals surface area contributed by atoms with Crippen LogP contribution in [-0.4, -0.2) is 68.0 Å². The van der Waals surface area contributed by atoms with Crippen LogP contribution in [0, 0.1) is 6.92 Å². The van der Waals surface area contributed by atoms with Gasteiger partial charge in [0.25, 0.3) is 0 Å². The first-order valence-corrected chi connectivity index (χ1v) is 9.94. The first-order chi connectivity index (χ1) is 13.4. The molecule has 0 unspecified atom stereocenters. The van der Waals surface area contributed by atoms with E-state index in [4.69, 9.17) is 9.73 Å². The number of aliphatic imine (C=N–C) groups is 1. The second-order valence-corrected chi connectivity index (χ2v) is 7.99. The first kappa shape index (κ1) is 21.7. The Morgan fingerprint density at radius 3 is 2.54 bits per heavy atom. The van der Waals surface area contributed by atoms with Crippen molar-refractivity contribution in [3.05, 3.63) is 45.9 Å². The summed E-state index contributed by atoms with van der Waals surface area (Å²) < 4.78 is 5.19. The van der Waals surface area contributed by atoms with E-state index < -0.39 is 0 Å². The maximum absolute atomic E-state index is 12.0. The number of nitrogens with one attached hydrogen (secondary N) is 1. The number of amides is 1. The van der Waals surface area contributed by atoms with E-state index in [1.807, 2.05) is 42.4 Å². The van der Waals surface area contributed by atoms with Gasteiger partial charge >= 0.3 is 0 Å². The molecule has 2 rings (SSSR count). The lowest BCUT2D eigenvalue weighted by Crippen LogP contribution is -2.44. The van der Waals surface area contributed by atoms with Gasteiger partial charge in [-0.15, -0.1) is 11.3 Å². The number of thiazole rings is 1. The molecule has 0 bridgehead atoms. The van der Waals surface area contributed by atoms with E-state index in [9.17, 15) is 4.79 Å². The molecule has 2 aromatic rings. The smallest absolute Gasteiger partial charge is 0.241 e. The van der Waals surface area contributed by atoms with Gasteiger partial charge in [0.15, 0.2) is 5.96 Å². The van der Waals surface area contributed by atoms with Crippen LogP contribution in [0.25, 0.3) is 0 Å². The van der Waals surface area contributed by atoms with E-state index in [-0.39, 0.29) is 12.5 Å². The summed E-state index contributed by atoms with van der Waals surface area (Å²) in [5.41, 5.74) is 1.07. The van der Waals surface area contributed by atoms with Crippen LogP contribution in [0.15, 0.2) is 35.5 Å². The number of hydrogen-bond donors (Lipinski definition) is 1. The number of carbonyl (C=O) groups is 1. The van der Waals surface area contributed by atoms with Crippen molar-refractivity contribution in [3.63, 3.8) is 0 Å². The van der Waals surface area contributed by atoms with Crippen molar-refractivity contribution in [2.45, 2.75) is 19.9 Å². The molecular formula is C20H29N5O2S. The minimum Gasteiger partial charge on any atom is -0.497 e. The number of rotatable bonds is 8. The highest BCUT2D eigenvalue weighted by Gasteiger charge is 2.11. The van der Waals surface area contributed by atoms with Crippen molar-refractivity contribution < 1.29 is 9.53 Å². The van der Waals surface area contributed by atoms with E-state index in [1.165, 1.54) is 4.88 Å². The summed E-state index contributed by atoms with van der Waals surface area (Å²) in [6.45, 7) is 3.54. The quantitative estimate of drug-likeness (QED) is 0.540. The number of benzene rings is 1. The molecule has 0 spiro atoms. The predicted molar refractivity (Wildman–Crippen MR) is 114 cm³/mol. The van der Waals surface area contributed by atoms with Crippen LogP contribution in [-0.2, 0) is 17.8 Å². The van der Waals surface area contributed by atoms with Crippen molar-refractivity contribution in [2.24, 2.45) is 4.99 Å². The van der Waals surface area contributed by atoms with Crippen molar-refractivity contribution >= 4 is 23.2 Å². The third-order valence-corrected chi connectivity index (χ3v) is 5.13. The molecule has 152 valence electrons. The molecule has 0 atom stereocenters. The number of ether oxygens (including phenoxy) is 1. The Balaban J connectivity index is 2.03. The van der Waals surface area contributed by atoms with Crippen LogP contribution >= 0.6 is 11.3 Å². The van der Waals surface area contributed by atoms with Gasteiger partial charge in [0.1, 0.15) is 5.75 Å². The number of carbonyl (C=O) groups excluding carboxylic acids is 1. The summed E-state index contributed by atoms with van der Waals surface area (Å²) in [4.78, 5) is 25.9. The fraction of sp³-hybridized carbons (Fsp3) is 0.450. The predicted octanol–water partition coefficient (Wildman–Crippen LogP) is 2.17. The third kappa shape index (κ3) is 6.84. The Labute approximate surface area is 171 Å². The second kappa shape index (κ2) is 10.7. The van der Waals surface area contributed by atoms with Crippen molar-refractivity contribution in [1.29, 1.82) is 0 Å². The van der Waals surface area contributed by atoms with E-state index >= 15 is 0 Å². The SMILES string of the molecule is COc1ccc(CN=C(NCC(=O)N(C)C)N(C)CCc2ncc(C)s2)cc1. The first-order valence-electron chi connectivity index (χ1n) is 9.13. The van der Waals surface area contributed by atoms with Gasteiger partial charge in [0.05, 0.1) is 25.2 Å². The Morgan fingerprint density at radius 2 is 1.96 bits per heavy atom. The summed E-state index contributed by atoms with van der Waals surface area (Å²) in [6, 6.07) is 7.82. The van der Waals surface area contributed by atoms with Gasteiger partial charge in [-0.25, -0.2) is 9.98 Å². The average Bonchev–Trinajstić information content (AvgIpc) is 3.11. The molecule has 1 heterocycles. The lowest BCUT2D eigenvalue weighted by molar-refractivity contribution is -0.127. The van der Waals surface area contributed by atoms with E-state index in [0.717, 1.165) is 29.3 Å². The lowest BCUT2D eigenvalue weighted by Gasteiger charge is -2.22. The number of nitrogens with zero attached hydrogens (tertiary/aromatic N) is 4. The third-order valence-electron chi connectivity index (χ3n) is 4.16. The van der Waals surface area contributed by atoms with Gasteiger partial charge in [-0.2, -0.15) is 0 Å². The van der Waals surface area contributed by atoms with Crippen LogP contribution in [0.5, 0.6) is 5.75 Å². The highest BCUT2D eigenvalue weighted by atomic mass is 32.1. The molecule has 0 saturated heterocycles. The molecule has 1 aromatic heterocycles. The van der Waals surface area contributed by atoms with Crippen LogP contribution in [0.4, 0.5) is 0 Å². The zero-order valence-corrected chi connectivity index (χ0v) is 18.0. The van der Waals surface area contributed by atoms with Gasteiger partial charge in [0.2, 0.25) is 5.91 Å². The number of likely N-dealkylation sites (N-methyl/N-ethyl adjacent to an activating group) is 2. The molecule has 8 heteroatoms. The van der Waals surface area contributed by atoms with E-state index in [0.29, 0.717) is 12.5 Å². The zero-order chi connectivity index (χ0) is 20.5. The molecule has 0 aliphatic heterocycles. The topological polar surface area (TPSA) is 70.1 Å². The van der Waals surface area contributed by atoms with Gasteiger partial charge in [-0.1, -0.05) is 12.1 Å². The molecule has 0 aliphatic carbocycles. The number of aryl methyl sites for hydroxylation is 1. The highest BCUT2D eigenvalue weighted by molar-refractivity contribution is 7.11. The van der Waals surface area contributed by atoms with Gasteiger partial charge < -0.3 is 19.9 Å². The van der Waals surface area contributed by atoms with Gasteiger partial charge in [0, 0.05) is 45.2 Å². The van der Waals surface area contributed by atoms with Gasteiger partial charge in [-0.05, 0) is 24.6 Å². The maximum Gasteiger partial charge on any atom is 0.241 e. The Hall–Kier alpha value is -2.61. The molecule has 0 aliphatic rings. The summed E-state index contributed by atoms with van der Waals surface area (Å²) in [5.74, 6) is 1.51. The lowest BCUT2D eigenvalue weighted by atomic mass is 10.2. The van der Waals surface area contributed by atoms with Crippen LogP contribution in [0.1, 0.15) is 15.4 Å². The molecule has 1 aromatic carbocycles. The van der Waals surface area contributed by atoms with Crippen LogP contribution < -0.4 is 10.1 Å². The van der Waals surface area contributed by atoms with Crippen molar-refractivity contribution in [3.8, 4) is 5.75 Å². The van der Waals surface area contributed by atoms with E-state index in [1.54, 1.807) is 37.4 Å². The molecule has 0 radical (unpaired) electrons. The molecule has 1 N–H and O–H groups in total. The standard InChI is InChI=1S/C20H29N5O2S/c1-15-12-21-18(28-15)10-11-25(4)20(23-14-19(26)24(2)3)22-13-16-6-8-17(27-5)9-7-16/h6-9,12H,10-11,13-14H2,1-5H3,(H,22,23). The fourth-order valence-electron chi connectivity index (χ4n) is 2.41. The maximum atomic E-state index is 12.0. The molecular weight excluding hydrogens is 374 g/mol. The Morgan fingerprint density at radius 1 is 1.25 bits per heavy atom. The van der Waals surface area contributed by atoms with Gasteiger partial charge in [-0.3, -0.25) is 4.79 Å². The number of guanidine groups is 1. The average molecular weight is 404 g/mol. The minimum atomic E-state index is 0.00101. The van der Waals surface area contributed by atoms with E-state index in [2.05, 4.69) is 17.2 Å². The van der Waals surface area contributed by atoms with Crippen LogP contribution in [0.2, 0.25) is 0 Å². The second-order valence-electron chi connectivity index (χ2n) is 6.67. The number of hydrogen-bond acceptors (Lipinski definition) is 5. The van der Waals surface area contributed by atoms with Crippen LogP contribution in [0.3, 0.4) is 0 Å². The summed E-state index contributed by atoms with van der Waals surface area (Å²) in [6.07, 6.45) is 2.73. The van der Waals surface area contributed by atoms with Crippen molar-refractivity contribution in [1.82, 2.24) is 20.1 Å². The number of methoxy groups -OCH3 is 1. The molecule has 1 amide bonds. The number of aromatic nitrogens is 1. The Bertz CT molecular complexity index is 786. The minimum absolute atomic E-state index is 0.00101. The summed E-state index contributed by atoms with van der Waals surface area (Å²) >= 11 is 1.71. The largest absolute Gasteiger partial charge is 0.497 e. The normalized spacial score (nSPS) is 11.2. The molecule has 7 nitrogen and oxygen atoms in total. The summed E-state index contributed by atoms with van der Waals surface area (Å²) in [7, 11) is 7.11. The molecule has 0 saturated carbocycles. The zero-order valence-electron chi connectivity index (χ0n) is 17.2. The fourth-order valence-corrected chi connectivity index (χ4v) is 3.18. The Kier molecular flexibility index (Phi) is 8.25. The monoisotopic (exact) mass is 403 g/mol. The highest BCUT2D eigenvalue weighted by Crippen LogP contribution is 2.13.